The van der Waals surface area contributed by atoms with Gasteiger partial charge in [0, 0.05) is 38.8 Å². The summed E-state index contributed by atoms with van der Waals surface area (Å²) in [5, 5.41) is 13.6. The van der Waals surface area contributed by atoms with Gasteiger partial charge in [-0.3, -0.25) is 14.5 Å². The minimum atomic E-state index is -1.04. The van der Waals surface area contributed by atoms with Crippen LogP contribution in [0.15, 0.2) is 4.42 Å². The van der Waals surface area contributed by atoms with Crippen LogP contribution in [0.5, 0.6) is 0 Å². The molecule has 1 saturated heterocycles. The lowest BCUT2D eigenvalue weighted by Crippen LogP contribution is -2.65. The third kappa shape index (κ3) is 6.82. The Morgan fingerprint density at radius 1 is 1.08 bits per heavy atom. The molecule has 0 unspecified atom stereocenters. The van der Waals surface area contributed by atoms with Crippen LogP contribution < -0.4 is 10.6 Å². The number of carbonyl (C=O) groups excluding carboxylic acids is 3. The zero-order valence-electron chi connectivity index (χ0n) is 22.4. The quantitative estimate of drug-likeness (QED) is 0.489. The first-order chi connectivity index (χ1) is 17.1. The number of ether oxygens (including phenoxy) is 1. The fraction of sp³-hybridized carbons (Fsp3) is 0.800. The van der Waals surface area contributed by atoms with E-state index in [9.17, 15) is 14.4 Å². The minimum Gasteiger partial charge on any atom is -0.416 e. The maximum Gasteiger partial charge on any atom is 0.318 e. The Balaban J connectivity index is 1.70. The van der Waals surface area contributed by atoms with Crippen molar-refractivity contribution in [2.45, 2.75) is 96.4 Å². The molecule has 0 aromatic carbocycles. The molecule has 1 aliphatic heterocycles. The first kappa shape index (κ1) is 28.0. The van der Waals surface area contributed by atoms with E-state index in [2.05, 4.69) is 46.5 Å². The Hall–Kier alpha value is -2.53. The molecule has 0 radical (unpaired) electrons. The summed E-state index contributed by atoms with van der Waals surface area (Å²) < 4.78 is 10.4. The average molecular weight is 507 g/mol. The predicted octanol–water partition coefficient (Wildman–Crippen LogP) is 2.51. The van der Waals surface area contributed by atoms with Gasteiger partial charge in [-0.1, -0.05) is 32.6 Å². The molecule has 0 bridgehead atoms. The Morgan fingerprint density at radius 3 is 2.33 bits per heavy atom. The number of nitrogens with one attached hydrogen (secondary N) is 2. The fourth-order valence-corrected chi connectivity index (χ4v) is 4.97. The Morgan fingerprint density at radius 2 is 1.75 bits per heavy atom. The van der Waals surface area contributed by atoms with E-state index in [4.69, 9.17) is 9.15 Å². The van der Waals surface area contributed by atoms with E-state index >= 15 is 0 Å². The standard InChI is InChI=1S/C25H42N6O5/c1-6-10-18(20(32)21-29-28-19(36-21)17-35-5)26-22(33)25(11-8-7-9-12-25)27-23(34)30-13-15-31(16-14-30)24(2,3)4/h18H,6-17H2,1-5H3,(H,26,33)(H,27,34)/t18-/m0/s1. The number of nitrogens with zero attached hydrogens (tertiary/aromatic N) is 4. The topological polar surface area (TPSA) is 130 Å². The first-order valence-electron chi connectivity index (χ1n) is 13.1. The molecule has 202 valence electrons. The van der Waals surface area contributed by atoms with Gasteiger partial charge in [-0.05, 0) is 40.0 Å². The number of piperazine rings is 1. The second-order valence-corrected chi connectivity index (χ2v) is 10.8. The molecule has 2 fully saturated rings. The van der Waals surface area contributed by atoms with Crippen molar-refractivity contribution in [3.05, 3.63) is 11.8 Å². The molecule has 2 aliphatic rings. The summed E-state index contributed by atoms with van der Waals surface area (Å²) in [5.41, 5.74) is -0.991. The number of hydrogen-bond acceptors (Lipinski definition) is 8. The van der Waals surface area contributed by atoms with Crippen LogP contribution >= 0.6 is 0 Å². The Bertz CT molecular complexity index is 897. The molecule has 2 N–H and O–H groups in total. The van der Waals surface area contributed by atoms with Gasteiger partial charge in [-0.2, -0.15) is 0 Å². The molecule has 1 aliphatic carbocycles. The van der Waals surface area contributed by atoms with Crippen molar-refractivity contribution in [1.82, 2.24) is 30.6 Å². The van der Waals surface area contributed by atoms with Gasteiger partial charge >= 0.3 is 6.03 Å². The Labute approximate surface area is 213 Å². The van der Waals surface area contributed by atoms with Crippen molar-refractivity contribution >= 4 is 17.7 Å². The fourth-order valence-electron chi connectivity index (χ4n) is 4.97. The summed E-state index contributed by atoms with van der Waals surface area (Å²) in [5.74, 6) is -0.716. The van der Waals surface area contributed by atoms with E-state index in [1.807, 2.05) is 6.92 Å². The molecule has 2 heterocycles. The van der Waals surface area contributed by atoms with Gasteiger partial charge in [0.2, 0.25) is 17.6 Å². The lowest BCUT2D eigenvalue weighted by Gasteiger charge is -2.44. The highest BCUT2D eigenvalue weighted by atomic mass is 16.5. The first-order valence-corrected chi connectivity index (χ1v) is 13.1. The SMILES string of the molecule is CCC[C@H](NC(=O)C1(NC(=O)N2CCN(C(C)(C)C)CC2)CCCCC1)C(=O)c1nnc(COC)o1. The van der Waals surface area contributed by atoms with Crippen LogP contribution in [0.4, 0.5) is 4.79 Å². The molecule has 1 saturated carbocycles. The van der Waals surface area contributed by atoms with Crippen LogP contribution in [0.25, 0.3) is 0 Å². The second kappa shape index (κ2) is 12.1. The molecule has 1 atom stereocenters. The van der Waals surface area contributed by atoms with Gasteiger partial charge in [-0.25, -0.2) is 4.79 Å². The van der Waals surface area contributed by atoms with Crippen molar-refractivity contribution < 1.29 is 23.5 Å². The Kier molecular flexibility index (Phi) is 9.46. The average Bonchev–Trinajstić information content (AvgIpc) is 3.32. The molecule has 1 aromatic rings. The molecular weight excluding hydrogens is 464 g/mol. The van der Waals surface area contributed by atoms with Crippen LogP contribution in [0.3, 0.4) is 0 Å². The van der Waals surface area contributed by atoms with Crippen LogP contribution in [0.1, 0.15) is 89.2 Å². The predicted molar refractivity (Wildman–Crippen MR) is 133 cm³/mol. The van der Waals surface area contributed by atoms with Crippen LogP contribution in [0.2, 0.25) is 0 Å². The number of Topliss-reactive ketones (excluding diaryl/α,β-unsaturated/α-hetero) is 1. The van der Waals surface area contributed by atoms with Crippen molar-refractivity contribution in [2.75, 3.05) is 33.3 Å². The monoisotopic (exact) mass is 506 g/mol. The van der Waals surface area contributed by atoms with Crippen LogP contribution in [-0.4, -0.2) is 88.1 Å². The molecule has 3 amide bonds. The summed E-state index contributed by atoms with van der Waals surface area (Å²) >= 11 is 0. The zero-order chi connectivity index (χ0) is 26.3. The third-order valence-corrected chi connectivity index (χ3v) is 7.15. The normalized spacial score (nSPS) is 19.5. The van der Waals surface area contributed by atoms with Crippen molar-refractivity contribution in [2.24, 2.45) is 0 Å². The summed E-state index contributed by atoms with van der Waals surface area (Å²) in [7, 11) is 1.49. The van der Waals surface area contributed by atoms with Gasteiger partial charge < -0.3 is 24.7 Å². The number of methoxy groups -OCH3 is 1. The van der Waals surface area contributed by atoms with Gasteiger partial charge in [0.05, 0.1) is 6.04 Å². The van der Waals surface area contributed by atoms with Crippen LogP contribution in [0, 0.1) is 0 Å². The number of rotatable bonds is 9. The molecule has 0 spiro atoms. The van der Waals surface area contributed by atoms with E-state index in [1.165, 1.54) is 7.11 Å². The van der Waals surface area contributed by atoms with Gasteiger partial charge in [0.1, 0.15) is 12.1 Å². The van der Waals surface area contributed by atoms with Crippen molar-refractivity contribution in [1.29, 1.82) is 0 Å². The highest BCUT2D eigenvalue weighted by Crippen LogP contribution is 2.29. The number of amides is 3. The smallest absolute Gasteiger partial charge is 0.318 e. The van der Waals surface area contributed by atoms with Gasteiger partial charge in [0.25, 0.3) is 5.89 Å². The van der Waals surface area contributed by atoms with E-state index in [1.54, 1.807) is 4.90 Å². The van der Waals surface area contributed by atoms with Gasteiger partial charge in [-0.15, -0.1) is 10.2 Å². The van der Waals surface area contributed by atoms with Crippen LogP contribution in [-0.2, 0) is 16.1 Å². The minimum absolute atomic E-state index is 0.0522. The highest BCUT2D eigenvalue weighted by Gasteiger charge is 2.43. The molecule has 1 aromatic heterocycles. The molecule has 11 heteroatoms. The second-order valence-electron chi connectivity index (χ2n) is 10.8. The van der Waals surface area contributed by atoms with E-state index in [-0.39, 0.29) is 35.9 Å². The molecule has 3 rings (SSSR count). The highest BCUT2D eigenvalue weighted by molar-refractivity contribution is 6.00. The largest absolute Gasteiger partial charge is 0.416 e. The van der Waals surface area contributed by atoms with Gasteiger partial charge in [0.15, 0.2) is 0 Å². The lowest BCUT2D eigenvalue weighted by molar-refractivity contribution is -0.129. The summed E-state index contributed by atoms with van der Waals surface area (Å²) in [6.07, 6.45) is 4.86. The molecule has 36 heavy (non-hydrogen) atoms. The summed E-state index contributed by atoms with van der Waals surface area (Å²) in [4.78, 5) is 44.2. The third-order valence-electron chi connectivity index (χ3n) is 7.15. The van der Waals surface area contributed by atoms with Crippen molar-refractivity contribution in [3.63, 3.8) is 0 Å². The summed E-state index contributed by atoms with van der Waals surface area (Å²) in [6, 6.07) is -1.04. The summed E-state index contributed by atoms with van der Waals surface area (Å²) in [6.45, 7) is 11.4. The molecule has 11 nitrogen and oxygen atoms in total. The zero-order valence-corrected chi connectivity index (χ0v) is 22.4. The van der Waals surface area contributed by atoms with Crippen molar-refractivity contribution in [3.8, 4) is 0 Å². The lowest BCUT2D eigenvalue weighted by atomic mass is 9.80. The van der Waals surface area contributed by atoms with E-state index in [0.717, 1.165) is 32.4 Å². The van der Waals surface area contributed by atoms with E-state index in [0.29, 0.717) is 38.8 Å². The number of carbonyl (C=O) groups is 3. The maximum absolute atomic E-state index is 13.7. The number of urea groups is 1. The van der Waals surface area contributed by atoms with E-state index < -0.39 is 17.4 Å². The number of ketones is 1. The maximum atomic E-state index is 13.7. The number of aromatic nitrogens is 2. The molecular formula is C25H42N6O5. The number of hydrogen-bond donors (Lipinski definition) is 2.